The summed E-state index contributed by atoms with van der Waals surface area (Å²) in [5.74, 6) is -0.245. The van der Waals surface area contributed by atoms with Crippen LogP contribution in [0.1, 0.15) is 13.3 Å². The first-order valence-electron chi connectivity index (χ1n) is 2.90. The monoisotopic (exact) mass is 204 g/mol. The van der Waals surface area contributed by atoms with Gasteiger partial charge in [0.1, 0.15) is 0 Å². The normalized spacial score (nSPS) is 6.64. The number of rotatable bonds is 1. The maximum Gasteiger partial charge on any atom is 0.217 e. The van der Waals surface area contributed by atoms with Crippen LogP contribution in [0.4, 0.5) is 0 Å². The molecule has 0 aliphatic carbocycles. The number of primary amides is 1. The molecule has 0 unspecified atom stereocenters. The van der Waals surface area contributed by atoms with E-state index >= 15 is 0 Å². The first-order valence-corrected chi connectivity index (χ1v) is 2.90. The summed E-state index contributed by atoms with van der Waals surface area (Å²) < 4.78 is 0. The molecule has 0 aliphatic heterocycles. The minimum Gasteiger partial charge on any atom is -0.370 e. The lowest BCUT2D eigenvalue weighted by Crippen LogP contribution is -2.06. The van der Waals surface area contributed by atoms with E-state index < -0.39 is 0 Å². The lowest BCUT2D eigenvalue weighted by Gasteiger charge is -1.90. The predicted octanol–water partition coefficient (Wildman–Crippen LogP) is 0.903. The van der Waals surface area contributed by atoms with Crippen LogP contribution in [0.2, 0.25) is 0 Å². The first kappa shape index (κ1) is 22.5. The molecule has 2 N–H and O–H groups in total. The highest BCUT2D eigenvalue weighted by Crippen LogP contribution is 1.63. The van der Waals surface area contributed by atoms with Crippen molar-refractivity contribution in [2.75, 3.05) is 21.1 Å². The molecule has 0 saturated carbocycles. The molecule has 72 valence electrons. The SMILES string of the molecule is CCC(N)=O.CN(C)C.Cl.Cl. The average molecular weight is 205 g/mol. The van der Waals surface area contributed by atoms with Gasteiger partial charge in [0.05, 0.1) is 0 Å². The van der Waals surface area contributed by atoms with Gasteiger partial charge in [-0.2, -0.15) is 0 Å². The van der Waals surface area contributed by atoms with Crippen LogP contribution < -0.4 is 5.73 Å². The summed E-state index contributed by atoms with van der Waals surface area (Å²) in [6, 6.07) is 0. The molecular formula is C6H18Cl2N2O. The summed E-state index contributed by atoms with van der Waals surface area (Å²) in [4.78, 5) is 11.6. The zero-order chi connectivity index (χ0) is 7.86. The van der Waals surface area contributed by atoms with Crippen molar-refractivity contribution < 1.29 is 4.79 Å². The number of carbonyl (C=O) groups excluding carboxylic acids is 1. The molecule has 0 spiro atoms. The largest absolute Gasteiger partial charge is 0.370 e. The summed E-state index contributed by atoms with van der Waals surface area (Å²) in [5.41, 5.74) is 4.65. The van der Waals surface area contributed by atoms with Crippen molar-refractivity contribution in [2.45, 2.75) is 13.3 Å². The molecule has 0 atom stereocenters. The molecule has 0 saturated heterocycles. The number of nitrogens with two attached hydrogens (primary N) is 1. The minimum absolute atomic E-state index is 0. The van der Waals surface area contributed by atoms with Gasteiger partial charge in [-0.05, 0) is 21.1 Å². The van der Waals surface area contributed by atoms with Gasteiger partial charge >= 0.3 is 0 Å². The quantitative estimate of drug-likeness (QED) is 0.691. The van der Waals surface area contributed by atoms with Gasteiger partial charge in [0.2, 0.25) is 5.91 Å². The zero-order valence-electron chi connectivity index (χ0n) is 7.46. The second-order valence-electron chi connectivity index (χ2n) is 2.16. The highest BCUT2D eigenvalue weighted by atomic mass is 35.5. The van der Waals surface area contributed by atoms with Crippen molar-refractivity contribution >= 4 is 30.7 Å². The average Bonchev–Trinajstić information content (AvgIpc) is 1.65. The molecule has 3 nitrogen and oxygen atoms in total. The Bertz CT molecular complexity index is 76.2. The Balaban J connectivity index is -0.0000000383. The molecule has 0 radical (unpaired) electrons. The third-order valence-electron chi connectivity index (χ3n) is 0.348. The van der Waals surface area contributed by atoms with Gasteiger partial charge in [-0.25, -0.2) is 0 Å². The molecule has 1 amide bonds. The van der Waals surface area contributed by atoms with E-state index in [0.717, 1.165) is 0 Å². The van der Waals surface area contributed by atoms with Crippen molar-refractivity contribution in [3.8, 4) is 0 Å². The number of amides is 1. The molecule has 0 bridgehead atoms. The third kappa shape index (κ3) is 159. The fourth-order valence-electron chi connectivity index (χ4n) is 0. The molecule has 0 heterocycles. The second kappa shape index (κ2) is 16.5. The van der Waals surface area contributed by atoms with Crippen molar-refractivity contribution in [2.24, 2.45) is 5.73 Å². The van der Waals surface area contributed by atoms with Crippen LogP contribution in [0, 0.1) is 0 Å². The van der Waals surface area contributed by atoms with Crippen LogP contribution in [0.15, 0.2) is 0 Å². The topological polar surface area (TPSA) is 46.3 Å². The highest BCUT2D eigenvalue weighted by Gasteiger charge is 1.77. The van der Waals surface area contributed by atoms with E-state index in [9.17, 15) is 4.79 Å². The number of halogens is 2. The molecule has 11 heavy (non-hydrogen) atoms. The molecular weight excluding hydrogens is 187 g/mol. The van der Waals surface area contributed by atoms with Crippen LogP contribution >= 0.6 is 24.8 Å². The van der Waals surface area contributed by atoms with Crippen LogP contribution in [0.3, 0.4) is 0 Å². The summed E-state index contributed by atoms with van der Waals surface area (Å²) in [6.07, 6.45) is 0.444. The molecule has 0 aromatic rings. The van der Waals surface area contributed by atoms with E-state index in [1.807, 2.05) is 26.0 Å². The standard InChI is InChI=1S/C3H7NO.C3H9N.2ClH/c1-2-3(4)5;1-4(2)3;;/h2H2,1H3,(H2,4,5);1-3H3;2*1H. The first-order chi connectivity index (χ1) is 4.00. The Morgan fingerprint density at radius 1 is 1.27 bits per heavy atom. The third-order valence-corrected chi connectivity index (χ3v) is 0.348. The van der Waals surface area contributed by atoms with Gasteiger partial charge in [-0.3, -0.25) is 4.79 Å². The number of hydrogen-bond acceptors (Lipinski definition) is 2. The van der Waals surface area contributed by atoms with Crippen LogP contribution in [-0.4, -0.2) is 32.0 Å². The molecule has 5 heteroatoms. The molecule has 0 rings (SSSR count). The van der Waals surface area contributed by atoms with E-state index in [-0.39, 0.29) is 30.7 Å². The number of carbonyl (C=O) groups is 1. The fourth-order valence-corrected chi connectivity index (χ4v) is 0. The Labute approximate surface area is 81.1 Å². The summed E-state index contributed by atoms with van der Waals surface area (Å²) >= 11 is 0. The smallest absolute Gasteiger partial charge is 0.217 e. The number of nitrogens with zero attached hydrogens (tertiary/aromatic N) is 1. The molecule has 0 aromatic heterocycles. The fraction of sp³-hybridized carbons (Fsp3) is 0.833. The second-order valence-corrected chi connectivity index (χ2v) is 2.16. The number of hydrogen-bond donors (Lipinski definition) is 1. The Kier molecular flexibility index (Phi) is 33.8. The van der Waals surface area contributed by atoms with Gasteiger partial charge in [-0.1, -0.05) is 6.92 Å². The molecule has 0 aliphatic rings. The van der Waals surface area contributed by atoms with E-state index in [2.05, 4.69) is 5.73 Å². The summed E-state index contributed by atoms with van der Waals surface area (Å²) in [5, 5.41) is 0. The van der Waals surface area contributed by atoms with Crippen molar-refractivity contribution in [1.29, 1.82) is 0 Å². The van der Waals surface area contributed by atoms with Crippen LogP contribution in [0.5, 0.6) is 0 Å². The van der Waals surface area contributed by atoms with E-state index in [0.29, 0.717) is 6.42 Å². The highest BCUT2D eigenvalue weighted by molar-refractivity contribution is 5.85. The maximum atomic E-state index is 9.59. The Morgan fingerprint density at radius 2 is 1.36 bits per heavy atom. The van der Waals surface area contributed by atoms with Crippen molar-refractivity contribution in [1.82, 2.24) is 4.90 Å². The lowest BCUT2D eigenvalue weighted by atomic mass is 10.5. The zero-order valence-corrected chi connectivity index (χ0v) is 9.09. The predicted molar refractivity (Wildman–Crippen MR) is 53.6 cm³/mol. The van der Waals surface area contributed by atoms with E-state index in [4.69, 9.17) is 0 Å². The maximum absolute atomic E-state index is 9.59. The van der Waals surface area contributed by atoms with Gasteiger partial charge in [0, 0.05) is 6.42 Å². The van der Waals surface area contributed by atoms with Gasteiger partial charge in [0.15, 0.2) is 0 Å². The minimum atomic E-state index is -0.245. The Morgan fingerprint density at radius 3 is 1.36 bits per heavy atom. The van der Waals surface area contributed by atoms with Crippen LogP contribution in [-0.2, 0) is 4.79 Å². The van der Waals surface area contributed by atoms with E-state index in [1.165, 1.54) is 0 Å². The lowest BCUT2D eigenvalue weighted by molar-refractivity contribution is -0.117. The van der Waals surface area contributed by atoms with Gasteiger partial charge in [-0.15, -0.1) is 24.8 Å². The van der Waals surface area contributed by atoms with E-state index in [1.54, 1.807) is 6.92 Å². The van der Waals surface area contributed by atoms with Crippen molar-refractivity contribution in [3.63, 3.8) is 0 Å². The molecule has 0 fully saturated rings. The Hall–Kier alpha value is 0.01000. The summed E-state index contributed by atoms with van der Waals surface area (Å²) in [6.45, 7) is 1.72. The van der Waals surface area contributed by atoms with Crippen molar-refractivity contribution in [3.05, 3.63) is 0 Å². The molecule has 0 aromatic carbocycles. The van der Waals surface area contributed by atoms with Gasteiger partial charge in [0.25, 0.3) is 0 Å². The summed E-state index contributed by atoms with van der Waals surface area (Å²) in [7, 11) is 6.00. The van der Waals surface area contributed by atoms with Gasteiger partial charge < -0.3 is 10.6 Å². The van der Waals surface area contributed by atoms with Crippen LogP contribution in [0.25, 0.3) is 0 Å².